The first-order valence-corrected chi connectivity index (χ1v) is 8.44. The summed E-state index contributed by atoms with van der Waals surface area (Å²) in [6.45, 7) is 2.29. The first-order valence-electron chi connectivity index (χ1n) is 8.44. The molecule has 0 aromatic carbocycles. The number of amides is 3. The second kappa shape index (κ2) is 11.0. The summed E-state index contributed by atoms with van der Waals surface area (Å²) in [4.78, 5) is 39.5. The van der Waals surface area contributed by atoms with Crippen LogP contribution < -0.4 is 0 Å². The standard InChI is InChI=1S/C16H26N4O6/c1-2-5-17-6-3-7-19(15(23)24)12-13-20(16(25)26)9-4-8-18(11-10-17)14(21)22/h1H,3-13H2,(H,21,22)(H,23,24)(H,25,26). The molecule has 1 aliphatic rings. The van der Waals surface area contributed by atoms with Gasteiger partial charge in [-0.25, -0.2) is 14.4 Å². The molecule has 146 valence electrons. The molecule has 0 aromatic rings. The maximum Gasteiger partial charge on any atom is 0.407 e. The van der Waals surface area contributed by atoms with Crippen LogP contribution in [0.5, 0.6) is 0 Å². The molecule has 26 heavy (non-hydrogen) atoms. The second-order valence-electron chi connectivity index (χ2n) is 6.00. The lowest BCUT2D eigenvalue weighted by Crippen LogP contribution is -2.44. The highest BCUT2D eigenvalue weighted by atomic mass is 16.4. The van der Waals surface area contributed by atoms with Gasteiger partial charge in [-0.15, -0.1) is 6.42 Å². The highest BCUT2D eigenvalue weighted by Gasteiger charge is 2.20. The number of carboxylic acid groups (broad SMARTS) is 3. The van der Waals surface area contributed by atoms with Crippen molar-refractivity contribution >= 4 is 18.3 Å². The molecular weight excluding hydrogens is 344 g/mol. The Labute approximate surface area is 152 Å². The summed E-state index contributed by atoms with van der Waals surface area (Å²) in [6.07, 6.45) is 2.90. The monoisotopic (exact) mass is 370 g/mol. The molecule has 10 heteroatoms. The van der Waals surface area contributed by atoms with E-state index in [2.05, 4.69) is 5.92 Å². The summed E-state index contributed by atoms with van der Waals surface area (Å²) in [7, 11) is 0. The third kappa shape index (κ3) is 7.48. The lowest BCUT2D eigenvalue weighted by atomic mass is 10.3. The lowest BCUT2D eigenvalue weighted by Gasteiger charge is -2.29. The first kappa shape index (κ1) is 21.4. The number of hydrogen-bond acceptors (Lipinski definition) is 4. The minimum Gasteiger partial charge on any atom is -0.465 e. The van der Waals surface area contributed by atoms with Gasteiger partial charge in [0.1, 0.15) is 0 Å². The molecule has 0 spiro atoms. The van der Waals surface area contributed by atoms with Crippen LogP contribution in [0.2, 0.25) is 0 Å². The molecule has 0 aliphatic carbocycles. The van der Waals surface area contributed by atoms with Crippen LogP contribution in [-0.4, -0.2) is 112 Å². The van der Waals surface area contributed by atoms with Gasteiger partial charge in [0.05, 0.1) is 6.54 Å². The van der Waals surface area contributed by atoms with Gasteiger partial charge in [-0.1, -0.05) is 5.92 Å². The first-order chi connectivity index (χ1) is 12.3. The van der Waals surface area contributed by atoms with Crippen LogP contribution in [-0.2, 0) is 0 Å². The Hall–Kier alpha value is -2.67. The minimum absolute atomic E-state index is 0.0444. The van der Waals surface area contributed by atoms with Crippen molar-refractivity contribution in [1.82, 2.24) is 19.6 Å². The lowest BCUT2D eigenvalue weighted by molar-refractivity contribution is 0.112. The molecule has 1 rings (SSSR count). The van der Waals surface area contributed by atoms with E-state index in [1.807, 2.05) is 4.90 Å². The zero-order chi connectivity index (χ0) is 19.5. The molecule has 1 aliphatic heterocycles. The van der Waals surface area contributed by atoms with Gasteiger partial charge in [-0.3, -0.25) is 4.90 Å². The molecule has 0 radical (unpaired) electrons. The van der Waals surface area contributed by atoms with Crippen molar-refractivity contribution in [3.63, 3.8) is 0 Å². The molecule has 3 amide bonds. The maximum atomic E-state index is 11.4. The van der Waals surface area contributed by atoms with E-state index >= 15 is 0 Å². The zero-order valence-corrected chi connectivity index (χ0v) is 14.7. The summed E-state index contributed by atoms with van der Waals surface area (Å²) in [5, 5.41) is 27.8. The highest BCUT2D eigenvalue weighted by molar-refractivity contribution is 5.66. The summed E-state index contributed by atoms with van der Waals surface area (Å²) >= 11 is 0. The van der Waals surface area contributed by atoms with Crippen molar-refractivity contribution in [2.45, 2.75) is 12.8 Å². The number of carbonyl (C=O) groups is 3. The second-order valence-corrected chi connectivity index (χ2v) is 6.00. The quantitative estimate of drug-likeness (QED) is 0.579. The highest BCUT2D eigenvalue weighted by Crippen LogP contribution is 2.03. The Morgan fingerprint density at radius 3 is 1.46 bits per heavy atom. The van der Waals surface area contributed by atoms with E-state index in [1.54, 1.807) is 0 Å². The topological polar surface area (TPSA) is 125 Å². The van der Waals surface area contributed by atoms with Gasteiger partial charge in [0.15, 0.2) is 0 Å². The Morgan fingerprint density at radius 2 is 1.08 bits per heavy atom. The fraction of sp³-hybridized carbons (Fsp3) is 0.688. The minimum atomic E-state index is -1.15. The van der Waals surface area contributed by atoms with Crippen molar-refractivity contribution in [3.8, 4) is 12.3 Å². The van der Waals surface area contributed by atoms with Crippen LogP contribution in [0, 0.1) is 12.3 Å². The van der Waals surface area contributed by atoms with E-state index in [9.17, 15) is 29.7 Å². The zero-order valence-electron chi connectivity index (χ0n) is 14.7. The predicted molar refractivity (Wildman–Crippen MR) is 93.3 cm³/mol. The number of rotatable bonds is 1. The molecule has 0 unspecified atom stereocenters. The maximum absolute atomic E-state index is 11.4. The molecule has 1 saturated heterocycles. The van der Waals surface area contributed by atoms with Gasteiger partial charge in [0.2, 0.25) is 0 Å². The summed E-state index contributed by atoms with van der Waals surface area (Å²) in [6, 6.07) is 0. The molecule has 0 aromatic heterocycles. The van der Waals surface area contributed by atoms with E-state index in [0.29, 0.717) is 32.5 Å². The van der Waals surface area contributed by atoms with Gasteiger partial charge >= 0.3 is 18.3 Å². The fourth-order valence-electron chi connectivity index (χ4n) is 2.75. The third-order valence-electron chi connectivity index (χ3n) is 4.21. The van der Waals surface area contributed by atoms with Crippen LogP contribution in [0.15, 0.2) is 0 Å². The Balaban J connectivity index is 2.83. The van der Waals surface area contributed by atoms with Gasteiger partial charge in [-0.05, 0) is 12.8 Å². The number of nitrogens with zero attached hydrogens (tertiary/aromatic N) is 4. The summed E-state index contributed by atoms with van der Waals surface area (Å²) in [5.74, 6) is 2.53. The molecule has 1 heterocycles. The van der Waals surface area contributed by atoms with E-state index in [-0.39, 0.29) is 39.3 Å². The van der Waals surface area contributed by atoms with Crippen molar-refractivity contribution in [2.75, 3.05) is 58.9 Å². The summed E-state index contributed by atoms with van der Waals surface area (Å²) in [5.41, 5.74) is 0. The largest absolute Gasteiger partial charge is 0.465 e. The van der Waals surface area contributed by atoms with Gasteiger partial charge < -0.3 is 30.0 Å². The van der Waals surface area contributed by atoms with Gasteiger partial charge in [0.25, 0.3) is 0 Å². The Morgan fingerprint density at radius 1 is 0.692 bits per heavy atom. The molecule has 10 nitrogen and oxygen atoms in total. The van der Waals surface area contributed by atoms with Gasteiger partial charge in [0, 0.05) is 52.4 Å². The van der Waals surface area contributed by atoms with Crippen molar-refractivity contribution in [3.05, 3.63) is 0 Å². The SMILES string of the molecule is C#CCN1CCCN(C(=O)O)CCN(C(=O)O)CCCN(C(=O)O)CC1. The molecule has 1 fully saturated rings. The van der Waals surface area contributed by atoms with E-state index < -0.39 is 18.3 Å². The Bertz CT molecular complexity index is 535. The van der Waals surface area contributed by atoms with E-state index in [4.69, 9.17) is 6.42 Å². The van der Waals surface area contributed by atoms with Crippen molar-refractivity contribution in [1.29, 1.82) is 0 Å². The molecule has 3 N–H and O–H groups in total. The molecule has 0 atom stereocenters. The smallest absolute Gasteiger partial charge is 0.407 e. The fourth-order valence-corrected chi connectivity index (χ4v) is 2.75. The van der Waals surface area contributed by atoms with Crippen LogP contribution in [0.3, 0.4) is 0 Å². The average molecular weight is 370 g/mol. The van der Waals surface area contributed by atoms with E-state index in [1.165, 1.54) is 9.80 Å². The number of hydrogen-bond donors (Lipinski definition) is 3. The number of terminal acetylenes is 1. The van der Waals surface area contributed by atoms with Crippen molar-refractivity contribution < 1.29 is 29.7 Å². The third-order valence-corrected chi connectivity index (χ3v) is 4.21. The summed E-state index contributed by atoms with van der Waals surface area (Å²) < 4.78 is 0. The normalized spacial score (nSPS) is 18.7. The van der Waals surface area contributed by atoms with Crippen LogP contribution in [0.25, 0.3) is 0 Å². The van der Waals surface area contributed by atoms with Crippen molar-refractivity contribution in [2.24, 2.45) is 0 Å². The predicted octanol–water partition coefficient (Wildman–Crippen LogP) is 0.655. The molecule has 0 bridgehead atoms. The molecular formula is C16H26N4O6. The van der Waals surface area contributed by atoms with Crippen LogP contribution in [0.1, 0.15) is 12.8 Å². The van der Waals surface area contributed by atoms with Crippen LogP contribution >= 0.6 is 0 Å². The van der Waals surface area contributed by atoms with E-state index in [0.717, 1.165) is 4.90 Å². The van der Waals surface area contributed by atoms with Gasteiger partial charge in [-0.2, -0.15) is 0 Å². The van der Waals surface area contributed by atoms with Crippen LogP contribution in [0.4, 0.5) is 14.4 Å². The Kier molecular flexibility index (Phi) is 9.08. The average Bonchev–Trinajstić information content (AvgIpc) is 2.56. The molecule has 0 saturated carbocycles.